The van der Waals surface area contributed by atoms with Gasteiger partial charge in [-0.05, 0) is 44.9 Å². The molecule has 1 N–H and O–H groups in total. The van der Waals surface area contributed by atoms with Gasteiger partial charge in [-0.25, -0.2) is 8.78 Å². The van der Waals surface area contributed by atoms with Crippen LogP contribution in [0.15, 0.2) is 35.0 Å². The molecule has 10 heteroatoms. The highest BCUT2D eigenvalue weighted by molar-refractivity contribution is 5.92. The normalized spacial score (nSPS) is 16.0. The van der Waals surface area contributed by atoms with Crippen molar-refractivity contribution in [1.82, 2.24) is 25.7 Å². The molecular weight excluding hydrogens is 420 g/mol. The topological polar surface area (TPSA) is 103 Å². The van der Waals surface area contributed by atoms with Crippen LogP contribution in [0.5, 0.6) is 5.88 Å². The number of nitrogens with zero attached hydrogens (tertiary/aromatic N) is 4. The van der Waals surface area contributed by atoms with Gasteiger partial charge in [0, 0.05) is 42.4 Å². The molecule has 0 radical (unpaired) electrons. The number of hydrogen-bond acceptors (Lipinski definition) is 7. The Morgan fingerprint density at radius 1 is 1.19 bits per heavy atom. The van der Waals surface area contributed by atoms with E-state index in [1.54, 1.807) is 13.1 Å². The molecule has 4 rings (SSSR count). The van der Waals surface area contributed by atoms with Crippen LogP contribution in [0.3, 0.4) is 0 Å². The zero-order chi connectivity index (χ0) is 22.7. The number of aromatic nitrogens is 4. The summed E-state index contributed by atoms with van der Waals surface area (Å²) in [6, 6.07) is 6.53. The van der Waals surface area contributed by atoms with Gasteiger partial charge in [-0.15, -0.1) is 10.2 Å². The number of ether oxygens (including phenoxy) is 1. The fraction of sp³-hybridized carbons (Fsp3) is 0.409. The van der Waals surface area contributed by atoms with Crippen molar-refractivity contribution in [2.45, 2.75) is 58.1 Å². The predicted molar refractivity (Wildman–Crippen MR) is 110 cm³/mol. The molecule has 1 fully saturated rings. The third-order valence-corrected chi connectivity index (χ3v) is 5.46. The third kappa shape index (κ3) is 5.06. The van der Waals surface area contributed by atoms with Crippen LogP contribution in [0.1, 0.15) is 53.2 Å². The molecule has 3 aromatic heterocycles. The summed E-state index contributed by atoms with van der Waals surface area (Å²) in [6.07, 6.45) is 1.75. The molecule has 32 heavy (non-hydrogen) atoms. The molecule has 1 saturated carbocycles. The molecular formula is C22H23F2N5O3. The maximum atomic E-state index is 13.3. The number of hydrogen-bond donors (Lipinski definition) is 1. The zero-order valence-electron chi connectivity index (χ0n) is 17.8. The van der Waals surface area contributed by atoms with E-state index in [0.29, 0.717) is 11.5 Å². The summed E-state index contributed by atoms with van der Waals surface area (Å²) in [6.45, 7) is 3.84. The maximum absolute atomic E-state index is 13.3. The summed E-state index contributed by atoms with van der Waals surface area (Å²) >= 11 is 0. The fourth-order valence-electron chi connectivity index (χ4n) is 3.50. The SMILES string of the molecule is Cc1ccc(-c2noc(C)c2COc2ccc(C(=O)NC3CCC(F)(F)CC3)nn2)cn1. The summed E-state index contributed by atoms with van der Waals surface area (Å²) in [5.41, 5.74) is 3.20. The maximum Gasteiger partial charge on any atom is 0.272 e. The van der Waals surface area contributed by atoms with Gasteiger partial charge in [0.05, 0.1) is 5.56 Å². The third-order valence-electron chi connectivity index (χ3n) is 5.46. The number of carbonyl (C=O) groups is 1. The first-order valence-electron chi connectivity index (χ1n) is 10.3. The van der Waals surface area contributed by atoms with E-state index in [9.17, 15) is 13.6 Å². The highest BCUT2D eigenvalue weighted by atomic mass is 19.3. The van der Waals surface area contributed by atoms with Gasteiger partial charge in [0.15, 0.2) is 5.69 Å². The van der Waals surface area contributed by atoms with Crippen molar-refractivity contribution >= 4 is 5.91 Å². The van der Waals surface area contributed by atoms with Gasteiger partial charge in [-0.3, -0.25) is 9.78 Å². The highest BCUT2D eigenvalue weighted by Crippen LogP contribution is 2.33. The zero-order valence-corrected chi connectivity index (χ0v) is 17.8. The number of rotatable bonds is 6. The Morgan fingerprint density at radius 2 is 1.97 bits per heavy atom. The lowest BCUT2D eigenvalue weighted by Crippen LogP contribution is -2.40. The molecule has 0 unspecified atom stereocenters. The van der Waals surface area contributed by atoms with E-state index in [2.05, 4.69) is 25.7 Å². The molecule has 0 bridgehead atoms. The Balaban J connectivity index is 1.36. The highest BCUT2D eigenvalue weighted by Gasteiger charge is 2.35. The molecule has 0 aliphatic heterocycles. The van der Waals surface area contributed by atoms with Crippen molar-refractivity contribution in [1.29, 1.82) is 0 Å². The van der Waals surface area contributed by atoms with E-state index < -0.39 is 11.8 Å². The van der Waals surface area contributed by atoms with Crippen molar-refractivity contribution < 1.29 is 22.8 Å². The number of aryl methyl sites for hydroxylation is 2. The predicted octanol–water partition coefficient (Wildman–Crippen LogP) is 4.03. The first kappa shape index (κ1) is 21.8. The molecule has 168 valence electrons. The summed E-state index contributed by atoms with van der Waals surface area (Å²) in [5.74, 6) is -2.24. The molecule has 0 saturated heterocycles. The second-order valence-corrected chi connectivity index (χ2v) is 7.90. The first-order valence-corrected chi connectivity index (χ1v) is 10.3. The van der Waals surface area contributed by atoms with Crippen molar-refractivity contribution in [2.75, 3.05) is 0 Å². The minimum absolute atomic E-state index is 0.0993. The van der Waals surface area contributed by atoms with Gasteiger partial charge in [-0.2, -0.15) is 0 Å². The largest absolute Gasteiger partial charge is 0.472 e. The fourth-order valence-corrected chi connectivity index (χ4v) is 3.50. The minimum Gasteiger partial charge on any atom is -0.472 e. The second kappa shape index (κ2) is 8.97. The molecule has 0 aromatic carbocycles. The summed E-state index contributed by atoms with van der Waals surface area (Å²) in [5, 5.41) is 14.7. The second-order valence-electron chi connectivity index (χ2n) is 7.90. The van der Waals surface area contributed by atoms with Crippen LogP contribution in [0, 0.1) is 13.8 Å². The monoisotopic (exact) mass is 443 g/mol. The molecule has 8 nitrogen and oxygen atoms in total. The molecule has 0 spiro atoms. The average Bonchev–Trinajstić information content (AvgIpc) is 3.15. The number of amides is 1. The van der Waals surface area contributed by atoms with Crippen LogP contribution in [-0.4, -0.2) is 38.2 Å². The number of carbonyl (C=O) groups excluding carboxylic acids is 1. The number of halogens is 2. The molecule has 1 amide bonds. The average molecular weight is 443 g/mol. The number of nitrogens with one attached hydrogen (secondary N) is 1. The Labute approximate surface area is 183 Å². The van der Waals surface area contributed by atoms with E-state index in [0.717, 1.165) is 16.8 Å². The van der Waals surface area contributed by atoms with Crippen LogP contribution in [-0.2, 0) is 6.61 Å². The molecule has 3 heterocycles. The van der Waals surface area contributed by atoms with Gasteiger partial charge >= 0.3 is 0 Å². The van der Waals surface area contributed by atoms with E-state index in [4.69, 9.17) is 9.26 Å². The lowest BCUT2D eigenvalue weighted by atomic mass is 9.92. The Hall–Kier alpha value is -3.43. The van der Waals surface area contributed by atoms with Crippen molar-refractivity contribution in [3.8, 4) is 17.1 Å². The van der Waals surface area contributed by atoms with Crippen LogP contribution >= 0.6 is 0 Å². The van der Waals surface area contributed by atoms with Crippen molar-refractivity contribution in [2.24, 2.45) is 0 Å². The Morgan fingerprint density at radius 3 is 2.62 bits per heavy atom. The van der Waals surface area contributed by atoms with E-state index in [1.165, 1.54) is 12.1 Å². The minimum atomic E-state index is -2.64. The van der Waals surface area contributed by atoms with Crippen molar-refractivity contribution in [3.05, 3.63) is 53.2 Å². The smallest absolute Gasteiger partial charge is 0.272 e. The van der Waals surface area contributed by atoms with Crippen LogP contribution in [0.4, 0.5) is 8.78 Å². The molecule has 1 aliphatic rings. The standard InChI is InChI=1S/C22H23F2N5O3/c1-13-3-4-15(11-25-13)20-17(14(2)32-29-20)12-31-19-6-5-18(27-28-19)21(30)26-16-7-9-22(23,24)10-8-16/h3-6,11,16H,7-10,12H2,1-2H3,(H,26,30). The van der Waals surface area contributed by atoms with Crippen molar-refractivity contribution in [3.63, 3.8) is 0 Å². The van der Waals surface area contributed by atoms with Gasteiger partial charge in [-0.1, -0.05) is 5.16 Å². The van der Waals surface area contributed by atoms with E-state index in [1.807, 2.05) is 19.1 Å². The van der Waals surface area contributed by atoms with Crippen LogP contribution in [0.2, 0.25) is 0 Å². The summed E-state index contributed by atoms with van der Waals surface area (Å²) in [4.78, 5) is 16.6. The van der Waals surface area contributed by atoms with Gasteiger partial charge in [0.2, 0.25) is 11.8 Å². The lowest BCUT2D eigenvalue weighted by molar-refractivity contribution is -0.0399. The van der Waals surface area contributed by atoms with Crippen LogP contribution in [0.25, 0.3) is 11.3 Å². The molecule has 0 atom stereocenters. The lowest BCUT2D eigenvalue weighted by Gasteiger charge is -2.28. The quantitative estimate of drug-likeness (QED) is 0.613. The van der Waals surface area contributed by atoms with Crippen LogP contribution < -0.4 is 10.1 Å². The first-order chi connectivity index (χ1) is 15.3. The molecule has 1 aliphatic carbocycles. The number of pyridine rings is 1. The number of alkyl halides is 2. The molecule has 3 aromatic rings. The van der Waals surface area contributed by atoms with Gasteiger partial charge in [0.1, 0.15) is 18.1 Å². The van der Waals surface area contributed by atoms with E-state index >= 15 is 0 Å². The van der Waals surface area contributed by atoms with E-state index in [-0.39, 0.29) is 49.9 Å². The Kier molecular flexibility index (Phi) is 6.11. The summed E-state index contributed by atoms with van der Waals surface area (Å²) in [7, 11) is 0. The van der Waals surface area contributed by atoms with Gasteiger partial charge < -0.3 is 14.6 Å². The Bertz CT molecular complexity index is 1070. The summed E-state index contributed by atoms with van der Waals surface area (Å²) < 4.78 is 37.5. The van der Waals surface area contributed by atoms with Gasteiger partial charge in [0.25, 0.3) is 5.91 Å².